The largest absolute Gasteiger partial charge is 0.386 e. The van der Waals surface area contributed by atoms with Crippen molar-refractivity contribution in [2.45, 2.75) is 32.9 Å². The second kappa shape index (κ2) is 6.71. The molecule has 3 nitrogen and oxygen atoms in total. The minimum Gasteiger partial charge on any atom is -0.386 e. The number of hydrogen-bond acceptors (Lipinski definition) is 2. The van der Waals surface area contributed by atoms with Crippen LogP contribution in [0.1, 0.15) is 40.1 Å². The average Bonchev–Trinajstić information content (AvgIpc) is 2.47. The van der Waals surface area contributed by atoms with Crippen LogP contribution >= 0.6 is 0 Å². The Hall–Kier alpha value is -2.20. The molecule has 2 unspecified atom stereocenters. The van der Waals surface area contributed by atoms with E-state index in [2.05, 4.69) is 5.32 Å². The number of carbonyl (C=O) groups excluding carboxylic acids is 1. The molecule has 22 heavy (non-hydrogen) atoms. The highest BCUT2D eigenvalue weighted by molar-refractivity contribution is 5.95. The average molecular weight is 301 g/mol. The van der Waals surface area contributed by atoms with Gasteiger partial charge in [-0.05, 0) is 50.1 Å². The van der Waals surface area contributed by atoms with Gasteiger partial charge in [-0.3, -0.25) is 4.79 Å². The van der Waals surface area contributed by atoms with Crippen LogP contribution in [0, 0.1) is 19.7 Å². The SMILES string of the molecule is Cc1ccc(C(=O)NC(C)C(O)c2ccc(F)cc2)c(C)c1. The van der Waals surface area contributed by atoms with Gasteiger partial charge in [-0.2, -0.15) is 0 Å². The van der Waals surface area contributed by atoms with Gasteiger partial charge in [0.25, 0.3) is 5.91 Å². The van der Waals surface area contributed by atoms with Crippen LogP contribution in [0.25, 0.3) is 0 Å². The molecule has 1 amide bonds. The number of aryl methyl sites for hydroxylation is 2. The molecule has 0 aliphatic rings. The summed E-state index contributed by atoms with van der Waals surface area (Å²) in [6.07, 6.45) is -0.893. The minimum atomic E-state index is -0.893. The Bertz CT molecular complexity index is 667. The molecule has 0 aliphatic heterocycles. The van der Waals surface area contributed by atoms with Crippen molar-refractivity contribution in [2.75, 3.05) is 0 Å². The van der Waals surface area contributed by atoms with E-state index in [0.29, 0.717) is 11.1 Å². The van der Waals surface area contributed by atoms with Crippen LogP contribution in [0.4, 0.5) is 4.39 Å². The van der Waals surface area contributed by atoms with Crippen molar-refractivity contribution in [2.24, 2.45) is 0 Å². The Morgan fingerprint density at radius 2 is 1.77 bits per heavy atom. The molecule has 0 bridgehead atoms. The molecule has 2 atom stereocenters. The Labute approximate surface area is 129 Å². The number of nitrogens with one attached hydrogen (secondary N) is 1. The lowest BCUT2D eigenvalue weighted by Crippen LogP contribution is -2.37. The fourth-order valence-corrected chi connectivity index (χ4v) is 2.38. The first kappa shape index (κ1) is 16.2. The molecule has 0 spiro atoms. The lowest BCUT2D eigenvalue weighted by atomic mass is 10.0. The van der Waals surface area contributed by atoms with Crippen molar-refractivity contribution in [1.82, 2.24) is 5.32 Å². The predicted molar refractivity (Wildman–Crippen MR) is 84.2 cm³/mol. The van der Waals surface area contributed by atoms with Crippen LogP contribution in [-0.2, 0) is 0 Å². The maximum absolute atomic E-state index is 12.9. The predicted octanol–water partition coefficient (Wildman–Crippen LogP) is 3.29. The van der Waals surface area contributed by atoms with Crippen molar-refractivity contribution in [3.05, 3.63) is 70.5 Å². The molecule has 0 fully saturated rings. The lowest BCUT2D eigenvalue weighted by Gasteiger charge is -2.21. The maximum atomic E-state index is 12.9. The van der Waals surface area contributed by atoms with Crippen LogP contribution in [0.2, 0.25) is 0 Å². The third-order valence-corrected chi connectivity index (χ3v) is 3.67. The number of aliphatic hydroxyl groups is 1. The van der Waals surface area contributed by atoms with Gasteiger partial charge in [0.05, 0.1) is 12.1 Å². The molecular weight excluding hydrogens is 281 g/mol. The molecule has 2 N–H and O–H groups in total. The summed E-state index contributed by atoms with van der Waals surface area (Å²) in [4.78, 5) is 12.3. The highest BCUT2D eigenvalue weighted by atomic mass is 19.1. The summed E-state index contributed by atoms with van der Waals surface area (Å²) in [5.41, 5.74) is 3.13. The molecule has 2 rings (SSSR count). The van der Waals surface area contributed by atoms with Gasteiger partial charge in [0, 0.05) is 5.56 Å². The number of amides is 1. The Morgan fingerprint density at radius 1 is 1.14 bits per heavy atom. The second-order valence-electron chi connectivity index (χ2n) is 5.58. The number of aliphatic hydroxyl groups excluding tert-OH is 1. The van der Waals surface area contributed by atoms with Gasteiger partial charge in [0.2, 0.25) is 0 Å². The Morgan fingerprint density at radius 3 is 2.36 bits per heavy atom. The van der Waals surface area contributed by atoms with E-state index in [0.717, 1.165) is 11.1 Å². The van der Waals surface area contributed by atoms with Crippen molar-refractivity contribution in [3.8, 4) is 0 Å². The quantitative estimate of drug-likeness (QED) is 0.910. The number of hydrogen-bond donors (Lipinski definition) is 2. The number of rotatable bonds is 4. The smallest absolute Gasteiger partial charge is 0.251 e. The third kappa shape index (κ3) is 3.71. The van der Waals surface area contributed by atoms with Gasteiger partial charge in [0.15, 0.2) is 0 Å². The topological polar surface area (TPSA) is 49.3 Å². The third-order valence-electron chi connectivity index (χ3n) is 3.67. The van der Waals surface area contributed by atoms with E-state index >= 15 is 0 Å². The zero-order valence-corrected chi connectivity index (χ0v) is 12.9. The molecule has 0 heterocycles. The number of halogens is 1. The fourth-order valence-electron chi connectivity index (χ4n) is 2.38. The van der Waals surface area contributed by atoms with E-state index in [1.807, 2.05) is 26.0 Å². The molecule has 0 radical (unpaired) electrons. The molecule has 0 saturated carbocycles. The Kier molecular flexibility index (Phi) is 4.93. The first-order valence-electron chi connectivity index (χ1n) is 7.20. The maximum Gasteiger partial charge on any atom is 0.251 e. The van der Waals surface area contributed by atoms with Gasteiger partial charge in [-0.15, -0.1) is 0 Å². The van der Waals surface area contributed by atoms with Crippen molar-refractivity contribution in [1.29, 1.82) is 0 Å². The van der Waals surface area contributed by atoms with E-state index in [1.165, 1.54) is 24.3 Å². The number of carbonyl (C=O) groups is 1. The summed E-state index contributed by atoms with van der Waals surface area (Å²) >= 11 is 0. The van der Waals surface area contributed by atoms with E-state index in [1.54, 1.807) is 13.0 Å². The van der Waals surface area contributed by atoms with Crippen LogP contribution in [0.3, 0.4) is 0 Å². The van der Waals surface area contributed by atoms with Crippen LogP contribution in [-0.4, -0.2) is 17.1 Å². The Balaban J connectivity index is 2.08. The van der Waals surface area contributed by atoms with Crippen LogP contribution < -0.4 is 5.32 Å². The molecule has 0 aromatic heterocycles. The normalized spacial score (nSPS) is 13.5. The standard InChI is InChI=1S/C18H20FNO2/c1-11-4-9-16(12(2)10-11)18(22)20-13(3)17(21)14-5-7-15(19)8-6-14/h4-10,13,17,21H,1-3H3,(H,20,22). The van der Waals surface area contributed by atoms with Gasteiger partial charge in [-0.25, -0.2) is 4.39 Å². The highest BCUT2D eigenvalue weighted by Gasteiger charge is 2.20. The zero-order valence-electron chi connectivity index (χ0n) is 12.9. The highest BCUT2D eigenvalue weighted by Crippen LogP contribution is 2.18. The van der Waals surface area contributed by atoms with Crippen molar-refractivity contribution >= 4 is 5.91 Å². The van der Waals surface area contributed by atoms with Gasteiger partial charge < -0.3 is 10.4 Å². The van der Waals surface area contributed by atoms with Crippen molar-refractivity contribution in [3.63, 3.8) is 0 Å². The monoisotopic (exact) mass is 301 g/mol. The first-order chi connectivity index (χ1) is 10.4. The summed E-state index contributed by atoms with van der Waals surface area (Å²) in [7, 11) is 0. The fraction of sp³-hybridized carbons (Fsp3) is 0.278. The summed E-state index contributed by atoms with van der Waals surface area (Å²) < 4.78 is 12.9. The van der Waals surface area contributed by atoms with Gasteiger partial charge in [-0.1, -0.05) is 29.8 Å². The van der Waals surface area contributed by atoms with E-state index < -0.39 is 12.1 Å². The minimum absolute atomic E-state index is 0.230. The summed E-state index contributed by atoms with van der Waals surface area (Å²) in [5, 5.41) is 13.0. The van der Waals surface area contributed by atoms with E-state index in [9.17, 15) is 14.3 Å². The second-order valence-corrected chi connectivity index (χ2v) is 5.58. The van der Waals surface area contributed by atoms with E-state index in [4.69, 9.17) is 0 Å². The summed E-state index contributed by atoms with van der Waals surface area (Å²) in [6.45, 7) is 5.56. The first-order valence-corrected chi connectivity index (χ1v) is 7.20. The van der Waals surface area contributed by atoms with Gasteiger partial charge >= 0.3 is 0 Å². The molecule has 2 aromatic rings. The molecule has 0 aliphatic carbocycles. The molecule has 2 aromatic carbocycles. The molecular formula is C18H20FNO2. The van der Waals surface area contributed by atoms with Crippen LogP contribution in [0.5, 0.6) is 0 Å². The molecule has 4 heteroatoms. The van der Waals surface area contributed by atoms with Gasteiger partial charge in [0.1, 0.15) is 5.82 Å². The molecule has 116 valence electrons. The number of benzene rings is 2. The zero-order chi connectivity index (χ0) is 16.3. The van der Waals surface area contributed by atoms with E-state index in [-0.39, 0.29) is 11.7 Å². The van der Waals surface area contributed by atoms with Crippen LogP contribution in [0.15, 0.2) is 42.5 Å². The molecule has 0 saturated heterocycles. The lowest BCUT2D eigenvalue weighted by molar-refractivity contribution is 0.0851. The summed E-state index contributed by atoms with van der Waals surface area (Å²) in [5.74, 6) is -0.589. The summed E-state index contributed by atoms with van der Waals surface area (Å²) in [6, 6.07) is 10.7. The van der Waals surface area contributed by atoms with Crippen molar-refractivity contribution < 1.29 is 14.3 Å².